The number of rotatable bonds is 8. The number of nitrogens with zero attached hydrogens (tertiary/aromatic N) is 5. The third-order valence-electron chi connectivity index (χ3n) is 6.60. The van der Waals surface area contributed by atoms with E-state index < -0.39 is 5.54 Å². The van der Waals surface area contributed by atoms with E-state index in [4.69, 9.17) is 9.47 Å². The molecule has 1 aromatic heterocycles. The fourth-order valence-electron chi connectivity index (χ4n) is 4.49. The van der Waals surface area contributed by atoms with Gasteiger partial charge in [0.1, 0.15) is 6.54 Å². The first-order valence-electron chi connectivity index (χ1n) is 13.4. The fraction of sp³-hybridized carbons (Fsp3) is 0.400. The lowest BCUT2D eigenvalue weighted by molar-refractivity contribution is -0.132. The van der Waals surface area contributed by atoms with E-state index in [1.165, 1.54) is 0 Å². The molecule has 0 saturated carbocycles. The van der Waals surface area contributed by atoms with Crippen molar-refractivity contribution in [2.75, 3.05) is 51.8 Å². The second-order valence-electron chi connectivity index (χ2n) is 10.7. The molecule has 0 radical (unpaired) electrons. The lowest BCUT2D eigenvalue weighted by atomic mass is 10.1. The Bertz CT molecular complexity index is 1290. The number of methoxy groups -OCH3 is 2. The first kappa shape index (κ1) is 28.7. The Morgan fingerprint density at radius 2 is 1.60 bits per heavy atom. The summed E-state index contributed by atoms with van der Waals surface area (Å²) in [5, 5.41) is 11.8. The first-order valence-corrected chi connectivity index (χ1v) is 13.4. The average Bonchev–Trinajstić information content (AvgIpc) is 2.96. The zero-order valence-electron chi connectivity index (χ0n) is 23.9. The van der Waals surface area contributed by atoms with Gasteiger partial charge in [0.05, 0.1) is 19.9 Å². The Morgan fingerprint density at radius 1 is 0.900 bits per heavy atom. The van der Waals surface area contributed by atoms with Crippen LogP contribution >= 0.6 is 0 Å². The first-order chi connectivity index (χ1) is 19.2. The minimum absolute atomic E-state index is 0.0105. The van der Waals surface area contributed by atoms with Crippen LogP contribution in [0.1, 0.15) is 26.3 Å². The Hall–Kier alpha value is -4.34. The zero-order valence-corrected chi connectivity index (χ0v) is 23.9. The minimum atomic E-state index is -0.406. The predicted octanol–water partition coefficient (Wildman–Crippen LogP) is 3.82. The molecule has 0 unspecified atom stereocenters. The van der Waals surface area contributed by atoms with Gasteiger partial charge in [0.25, 0.3) is 0 Å². The van der Waals surface area contributed by atoms with Crippen LogP contribution in [0.25, 0.3) is 11.3 Å². The van der Waals surface area contributed by atoms with Gasteiger partial charge in [-0.15, -0.1) is 10.2 Å². The van der Waals surface area contributed by atoms with E-state index in [1.54, 1.807) is 19.1 Å². The number of hydrogen-bond acceptors (Lipinski definition) is 7. The molecular formula is C30H38N6O4. The van der Waals surface area contributed by atoms with Crippen LogP contribution in [0.4, 0.5) is 10.6 Å². The molecule has 1 fully saturated rings. The van der Waals surface area contributed by atoms with Crippen molar-refractivity contribution < 1.29 is 19.1 Å². The van der Waals surface area contributed by atoms with Gasteiger partial charge in [-0.05, 0) is 56.7 Å². The number of urea groups is 1. The second-order valence-corrected chi connectivity index (χ2v) is 10.7. The molecular weight excluding hydrogens is 508 g/mol. The minimum Gasteiger partial charge on any atom is -0.493 e. The lowest BCUT2D eigenvalue weighted by Crippen LogP contribution is -2.54. The van der Waals surface area contributed by atoms with Crippen LogP contribution < -0.4 is 19.7 Å². The van der Waals surface area contributed by atoms with Crippen LogP contribution in [0, 0.1) is 0 Å². The summed E-state index contributed by atoms with van der Waals surface area (Å²) in [5.74, 6) is 1.97. The third kappa shape index (κ3) is 7.40. The van der Waals surface area contributed by atoms with Gasteiger partial charge in [-0.2, -0.15) is 0 Å². The molecule has 2 aromatic carbocycles. The highest BCUT2D eigenvalue weighted by atomic mass is 16.5. The van der Waals surface area contributed by atoms with E-state index >= 15 is 0 Å². The van der Waals surface area contributed by atoms with Crippen molar-refractivity contribution in [3.05, 3.63) is 66.2 Å². The van der Waals surface area contributed by atoms with Crippen molar-refractivity contribution in [2.24, 2.45) is 0 Å². The zero-order chi connectivity index (χ0) is 28.7. The van der Waals surface area contributed by atoms with Gasteiger partial charge in [0.2, 0.25) is 5.91 Å². The normalized spacial score (nSPS) is 13.5. The molecule has 3 amide bonds. The van der Waals surface area contributed by atoms with Gasteiger partial charge < -0.3 is 29.5 Å². The number of ether oxygens (including phenoxy) is 2. The van der Waals surface area contributed by atoms with Gasteiger partial charge in [-0.25, -0.2) is 4.79 Å². The molecule has 4 rings (SSSR count). The van der Waals surface area contributed by atoms with E-state index in [2.05, 4.69) is 20.4 Å². The van der Waals surface area contributed by atoms with Gasteiger partial charge in [0, 0.05) is 43.8 Å². The second kappa shape index (κ2) is 12.7. The highest BCUT2D eigenvalue weighted by Crippen LogP contribution is 2.31. The molecule has 1 N–H and O–H groups in total. The molecule has 40 heavy (non-hydrogen) atoms. The van der Waals surface area contributed by atoms with Crippen molar-refractivity contribution >= 4 is 17.8 Å². The Balaban J connectivity index is 1.36. The van der Waals surface area contributed by atoms with Crippen molar-refractivity contribution in [1.82, 2.24) is 25.3 Å². The number of aromatic nitrogens is 2. The van der Waals surface area contributed by atoms with Crippen LogP contribution in [0.3, 0.4) is 0 Å². The maximum absolute atomic E-state index is 13.3. The number of hydrogen-bond donors (Lipinski definition) is 1. The molecule has 0 bridgehead atoms. The van der Waals surface area contributed by atoms with E-state index in [-0.39, 0.29) is 18.5 Å². The van der Waals surface area contributed by atoms with Crippen LogP contribution in [0.2, 0.25) is 0 Å². The monoisotopic (exact) mass is 546 g/mol. The van der Waals surface area contributed by atoms with Gasteiger partial charge >= 0.3 is 6.03 Å². The van der Waals surface area contributed by atoms with Crippen LogP contribution in [-0.4, -0.2) is 84.4 Å². The molecule has 1 aliphatic heterocycles. The number of benzene rings is 2. The highest BCUT2D eigenvalue weighted by molar-refractivity contribution is 5.84. The van der Waals surface area contributed by atoms with Crippen molar-refractivity contribution in [2.45, 2.75) is 32.9 Å². The molecule has 1 aliphatic rings. The standard InChI is InChI=1S/C30H38N6O4/c1-30(2,3)31-29(38)36(20-22-9-7-6-8-10-22)21-28(37)35-17-15-34(16-18-35)27-14-12-24(32-33-27)23-11-13-25(39-4)26(19-23)40-5/h6-14,19H,15-18,20-21H2,1-5H3,(H,31,38). The maximum Gasteiger partial charge on any atom is 0.318 e. The number of piperazine rings is 1. The molecule has 10 heteroatoms. The number of nitrogens with one attached hydrogen (secondary N) is 1. The Labute approximate surface area is 235 Å². The third-order valence-corrected chi connectivity index (χ3v) is 6.60. The molecule has 10 nitrogen and oxygen atoms in total. The summed E-state index contributed by atoms with van der Waals surface area (Å²) in [7, 11) is 3.20. The van der Waals surface area contributed by atoms with Gasteiger partial charge in [-0.3, -0.25) is 4.79 Å². The molecule has 3 aromatic rings. The smallest absolute Gasteiger partial charge is 0.318 e. The maximum atomic E-state index is 13.3. The van der Waals surface area contributed by atoms with E-state index in [0.717, 1.165) is 22.6 Å². The predicted molar refractivity (Wildman–Crippen MR) is 155 cm³/mol. The van der Waals surface area contributed by atoms with E-state index in [9.17, 15) is 9.59 Å². The van der Waals surface area contributed by atoms with Gasteiger partial charge in [-0.1, -0.05) is 30.3 Å². The summed E-state index contributed by atoms with van der Waals surface area (Å²) in [6, 6.07) is 18.9. The summed E-state index contributed by atoms with van der Waals surface area (Å²) in [4.78, 5) is 31.8. The van der Waals surface area contributed by atoms with Crippen LogP contribution in [-0.2, 0) is 11.3 Å². The molecule has 0 atom stereocenters. The van der Waals surface area contributed by atoms with E-state index in [1.807, 2.05) is 86.3 Å². The largest absolute Gasteiger partial charge is 0.493 e. The number of carbonyl (C=O) groups excluding carboxylic acids is 2. The molecule has 1 saturated heterocycles. The quantitative estimate of drug-likeness (QED) is 0.459. The molecule has 2 heterocycles. The molecule has 212 valence electrons. The number of amides is 3. The molecule has 0 spiro atoms. The van der Waals surface area contributed by atoms with Gasteiger partial charge in [0.15, 0.2) is 17.3 Å². The summed E-state index contributed by atoms with van der Waals surface area (Å²) < 4.78 is 10.7. The summed E-state index contributed by atoms with van der Waals surface area (Å²) in [6.45, 7) is 8.48. The van der Waals surface area contributed by atoms with Crippen molar-refractivity contribution in [3.63, 3.8) is 0 Å². The SMILES string of the molecule is COc1ccc(-c2ccc(N3CCN(C(=O)CN(Cc4ccccc4)C(=O)NC(C)(C)C)CC3)nn2)cc1OC. The number of anilines is 1. The topological polar surface area (TPSA) is 100 Å². The Morgan fingerprint density at radius 3 is 2.20 bits per heavy atom. The van der Waals surface area contributed by atoms with Crippen molar-refractivity contribution in [1.29, 1.82) is 0 Å². The fourth-order valence-corrected chi connectivity index (χ4v) is 4.49. The summed E-state index contributed by atoms with van der Waals surface area (Å²) in [6.07, 6.45) is 0. The van der Waals surface area contributed by atoms with E-state index in [0.29, 0.717) is 44.2 Å². The van der Waals surface area contributed by atoms with Crippen molar-refractivity contribution in [3.8, 4) is 22.8 Å². The number of carbonyl (C=O) groups is 2. The Kier molecular flexibility index (Phi) is 9.08. The molecule has 0 aliphatic carbocycles. The van der Waals surface area contributed by atoms with Crippen LogP contribution in [0.15, 0.2) is 60.7 Å². The van der Waals surface area contributed by atoms with Crippen LogP contribution in [0.5, 0.6) is 11.5 Å². The summed E-state index contributed by atoms with van der Waals surface area (Å²) >= 11 is 0. The summed E-state index contributed by atoms with van der Waals surface area (Å²) in [5.41, 5.74) is 2.17. The average molecular weight is 547 g/mol. The highest BCUT2D eigenvalue weighted by Gasteiger charge is 2.27. The lowest BCUT2D eigenvalue weighted by Gasteiger charge is -2.36.